The maximum Gasteiger partial charge on any atom is 0.307 e. The van der Waals surface area contributed by atoms with Crippen molar-refractivity contribution in [3.05, 3.63) is 20.7 Å². The summed E-state index contributed by atoms with van der Waals surface area (Å²) in [7, 11) is 0. The molecular formula is C18H31N3O3S. The van der Waals surface area contributed by atoms with Crippen molar-refractivity contribution < 1.29 is 9.53 Å². The molecule has 2 heterocycles. The average Bonchev–Trinajstić information content (AvgIpc) is 2.95. The molecule has 1 fully saturated rings. The van der Waals surface area contributed by atoms with Crippen molar-refractivity contribution in [1.82, 2.24) is 14.8 Å². The van der Waals surface area contributed by atoms with Gasteiger partial charge in [-0.25, -0.2) is 0 Å². The number of thiazole rings is 1. The van der Waals surface area contributed by atoms with E-state index in [9.17, 15) is 9.59 Å². The highest BCUT2D eigenvalue weighted by Crippen LogP contribution is 2.19. The van der Waals surface area contributed by atoms with Gasteiger partial charge < -0.3 is 14.6 Å². The molecule has 1 N–H and O–H groups in total. The van der Waals surface area contributed by atoms with E-state index >= 15 is 0 Å². The molecule has 25 heavy (non-hydrogen) atoms. The highest BCUT2D eigenvalue weighted by molar-refractivity contribution is 7.07. The first kappa shape index (κ1) is 20.1. The van der Waals surface area contributed by atoms with E-state index < -0.39 is 0 Å². The second kappa shape index (κ2) is 10.1. The number of carbonyl (C=O) groups is 1. The van der Waals surface area contributed by atoms with Gasteiger partial charge in [0.05, 0.1) is 13.2 Å². The first-order chi connectivity index (χ1) is 12.1. The number of hydrogen-bond acceptors (Lipinski definition) is 5. The Balaban J connectivity index is 1.87. The number of nitrogens with zero attached hydrogens (tertiary/aromatic N) is 2. The van der Waals surface area contributed by atoms with Crippen molar-refractivity contribution in [2.24, 2.45) is 5.92 Å². The Hall–Kier alpha value is -1.18. The van der Waals surface area contributed by atoms with Gasteiger partial charge in [0.25, 0.3) is 0 Å². The second-order valence-electron chi connectivity index (χ2n) is 6.64. The molecule has 0 aliphatic carbocycles. The molecule has 1 aliphatic heterocycles. The van der Waals surface area contributed by atoms with E-state index in [0.717, 1.165) is 44.8 Å². The highest BCUT2D eigenvalue weighted by atomic mass is 32.1. The standard InChI is InChI=1S/C18H31N3O3S/c1-4-15(5-2)16(20-8-10-24-11-9-20)12-19-17(22)6-7-21-14(3)13-25-18(21)23/h13,15-16H,4-12H2,1-3H3,(H,19,22). The van der Waals surface area contributed by atoms with Gasteiger partial charge in [-0.3, -0.25) is 14.5 Å². The van der Waals surface area contributed by atoms with Gasteiger partial charge in [0.1, 0.15) is 0 Å². The zero-order valence-corrected chi connectivity index (χ0v) is 16.4. The Morgan fingerprint density at radius 3 is 2.56 bits per heavy atom. The number of morpholine rings is 1. The SMILES string of the molecule is CCC(CC)C(CNC(=O)CCn1c(C)csc1=O)N1CCOCC1. The smallest absolute Gasteiger partial charge is 0.307 e. The molecule has 0 saturated carbocycles. The summed E-state index contributed by atoms with van der Waals surface area (Å²) in [6.07, 6.45) is 2.56. The number of aryl methyl sites for hydroxylation is 1. The molecule has 1 unspecified atom stereocenters. The van der Waals surface area contributed by atoms with Gasteiger partial charge in [0, 0.05) is 49.7 Å². The van der Waals surface area contributed by atoms with Crippen LogP contribution in [0.3, 0.4) is 0 Å². The van der Waals surface area contributed by atoms with E-state index in [1.54, 1.807) is 4.57 Å². The van der Waals surface area contributed by atoms with Crippen LogP contribution in [0.2, 0.25) is 0 Å². The molecule has 1 aliphatic rings. The van der Waals surface area contributed by atoms with Gasteiger partial charge in [0.2, 0.25) is 5.91 Å². The van der Waals surface area contributed by atoms with Gasteiger partial charge in [-0.15, -0.1) is 0 Å². The van der Waals surface area contributed by atoms with Crippen LogP contribution in [0.4, 0.5) is 0 Å². The first-order valence-corrected chi connectivity index (χ1v) is 10.2. The third-order valence-electron chi connectivity index (χ3n) is 5.15. The number of carbonyl (C=O) groups excluding carboxylic acids is 1. The molecule has 2 rings (SSSR count). The minimum absolute atomic E-state index is 0.00789. The summed E-state index contributed by atoms with van der Waals surface area (Å²) >= 11 is 1.19. The Morgan fingerprint density at radius 2 is 2.00 bits per heavy atom. The molecule has 1 saturated heterocycles. The molecule has 1 atom stereocenters. The number of hydrogen-bond donors (Lipinski definition) is 1. The zero-order valence-electron chi connectivity index (χ0n) is 15.6. The molecule has 1 aromatic heterocycles. The van der Waals surface area contributed by atoms with Crippen molar-refractivity contribution in [3.8, 4) is 0 Å². The zero-order chi connectivity index (χ0) is 18.2. The number of nitrogens with one attached hydrogen (secondary N) is 1. The first-order valence-electron chi connectivity index (χ1n) is 9.30. The summed E-state index contributed by atoms with van der Waals surface area (Å²) in [5, 5.41) is 4.93. The lowest BCUT2D eigenvalue weighted by molar-refractivity contribution is -0.121. The van der Waals surface area contributed by atoms with Crippen LogP contribution in [0.15, 0.2) is 10.2 Å². The largest absolute Gasteiger partial charge is 0.379 e. The minimum atomic E-state index is 0.00789. The minimum Gasteiger partial charge on any atom is -0.379 e. The molecule has 7 heteroatoms. The fourth-order valence-corrected chi connectivity index (χ4v) is 4.29. The predicted molar refractivity (Wildman–Crippen MR) is 101 cm³/mol. The molecule has 0 spiro atoms. The summed E-state index contributed by atoms with van der Waals surface area (Å²) in [6, 6.07) is 0.355. The second-order valence-corrected chi connectivity index (χ2v) is 7.46. The van der Waals surface area contributed by atoms with Crippen LogP contribution in [-0.2, 0) is 16.1 Å². The lowest BCUT2D eigenvalue weighted by Crippen LogP contribution is -2.52. The Bertz CT molecular complexity index is 589. The summed E-state index contributed by atoms with van der Waals surface area (Å²) in [5.74, 6) is 0.585. The lowest BCUT2D eigenvalue weighted by atomic mass is 9.92. The molecule has 0 radical (unpaired) electrons. The Labute approximate surface area is 154 Å². The summed E-state index contributed by atoms with van der Waals surface area (Å²) in [5.41, 5.74) is 0.922. The van der Waals surface area contributed by atoms with Gasteiger partial charge in [0.15, 0.2) is 0 Å². The third kappa shape index (κ3) is 5.66. The van der Waals surface area contributed by atoms with Crippen LogP contribution in [0.5, 0.6) is 0 Å². The van der Waals surface area contributed by atoms with Crippen LogP contribution < -0.4 is 10.2 Å². The van der Waals surface area contributed by atoms with Gasteiger partial charge >= 0.3 is 4.87 Å². The van der Waals surface area contributed by atoms with Crippen LogP contribution in [0.1, 0.15) is 38.8 Å². The number of aromatic nitrogens is 1. The van der Waals surface area contributed by atoms with Crippen LogP contribution in [0.25, 0.3) is 0 Å². The fourth-order valence-electron chi connectivity index (χ4n) is 3.53. The lowest BCUT2D eigenvalue weighted by Gasteiger charge is -2.38. The highest BCUT2D eigenvalue weighted by Gasteiger charge is 2.27. The van der Waals surface area contributed by atoms with Crippen molar-refractivity contribution in [2.45, 2.75) is 52.6 Å². The third-order valence-corrected chi connectivity index (χ3v) is 6.04. The number of ether oxygens (including phenoxy) is 1. The molecule has 6 nitrogen and oxygen atoms in total. The van der Waals surface area contributed by atoms with E-state index in [-0.39, 0.29) is 10.8 Å². The molecule has 142 valence electrons. The van der Waals surface area contributed by atoms with Crippen molar-refractivity contribution in [2.75, 3.05) is 32.8 Å². The molecule has 0 aromatic carbocycles. The summed E-state index contributed by atoms with van der Waals surface area (Å²) in [6.45, 7) is 10.9. The topological polar surface area (TPSA) is 63.6 Å². The Morgan fingerprint density at radius 1 is 1.32 bits per heavy atom. The maximum absolute atomic E-state index is 12.3. The quantitative estimate of drug-likeness (QED) is 0.722. The number of rotatable bonds is 9. The van der Waals surface area contributed by atoms with E-state index in [4.69, 9.17) is 4.74 Å². The van der Waals surface area contributed by atoms with Crippen LogP contribution in [0, 0.1) is 12.8 Å². The van der Waals surface area contributed by atoms with E-state index in [2.05, 4.69) is 24.1 Å². The summed E-state index contributed by atoms with van der Waals surface area (Å²) in [4.78, 5) is 26.5. The van der Waals surface area contributed by atoms with Crippen molar-refractivity contribution in [3.63, 3.8) is 0 Å². The van der Waals surface area contributed by atoms with E-state index in [0.29, 0.717) is 31.5 Å². The van der Waals surface area contributed by atoms with E-state index in [1.807, 2.05) is 12.3 Å². The molecule has 0 bridgehead atoms. The predicted octanol–water partition coefficient (Wildman–Crippen LogP) is 1.86. The van der Waals surface area contributed by atoms with Gasteiger partial charge in [-0.1, -0.05) is 38.0 Å². The number of amides is 1. The molecule has 1 aromatic rings. The van der Waals surface area contributed by atoms with Crippen molar-refractivity contribution >= 4 is 17.2 Å². The maximum atomic E-state index is 12.3. The average molecular weight is 370 g/mol. The van der Waals surface area contributed by atoms with Gasteiger partial charge in [-0.2, -0.15) is 0 Å². The normalized spacial score (nSPS) is 17.0. The Kier molecular flexibility index (Phi) is 8.12. The van der Waals surface area contributed by atoms with Crippen LogP contribution in [-0.4, -0.2) is 54.3 Å². The fraction of sp³-hybridized carbons (Fsp3) is 0.778. The monoisotopic (exact) mass is 369 g/mol. The molecule has 1 amide bonds. The van der Waals surface area contributed by atoms with E-state index in [1.165, 1.54) is 11.3 Å². The summed E-state index contributed by atoms with van der Waals surface area (Å²) < 4.78 is 7.14. The van der Waals surface area contributed by atoms with Crippen molar-refractivity contribution in [1.29, 1.82) is 0 Å². The van der Waals surface area contributed by atoms with Gasteiger partial charge in [-0.05, 0) is 12.8 Å². The van der Waals surface area contributed by atoms with Crippen LogP contribution >= 0.6 is 11.3 Å². The molecular weight excluding hydrogens is 338 g/mol.